The van der Waals surface area contributed by atoms with Crippen molar-refractivity contribution in [3.8, 4) is 5.75 Å². The van der Waals surface area contributed by atoms with Crippen LogP contribution in [0.15, 0.2) is 55.1 Å². The number of phenols is 1. The number of likely N-dealkylation sites (tertiary alicyclic amines) is 1. The van der Waals surface area contributed by atoms with E-state index in [1.165, 1.54) is 5.56 Å². The fraction of sp³-hybridized carbons (Fsp3) is 0.348. The minimum Gasteiger partial charge on any atom is -0.508 e. The van der Waals surface area contributed by atoms with Gasteiger partial charge in [0.05, 0.1) is 0 Å². The number of ether oxygens (including phenoxy) is 1. The lowest BCUT2D eigenvalue weighted by molar-refractivity contribution is 0.0825. The molecule has 0 radical (unpaired) electrons. The standard InChI is InChI=1S/C23H28N2O3/c1-17-3-5-20(6-4-17)16-28-23(27)25-13-11-19(12-14-25)15-24-18(2)21-7-9-22(26)10-8-21/h3-10,19,24,26H,2,11-16H2,1H3. The molecule has 5 nitrogen and oxygen atoms in total. The first-order valence-electron chi connectivity index (χ1n) is 9.70. The Kier molecular flexibility index (Phi) is 6.58. The van der Waals surface area contributed by atoms with E-state index in [2.05, 4.69) is 11.9 Å². The number of aryl methyl sites for hydroxylation is 1. The summed E-state index contributed by atoms with van der Waals surface area (Å²) in [6, 6.07) is 15.0. The fourth-order valence-corrected chi connectivity index (χ4v) is 3.27. The molecule has 1 amide bonds. The zero-order valence-corrected chi connectivity index (χ0v) is 16.4. The van der Waals surface area contributed by atoms with Gasteiger partial charge in [0, 0.05) is 25.3 Å². The molecule has 0 saturated carbocycles. The molecular formula is C23H28N2O3. The average Bonchev–Trinajstić information content (AvgIpc) is 2.72. The Labute approximate surface area is 166 Å². The van der Waals surface area contributed by atoms with E-state index in [4.69, 9.17) is 4.74 Å². The Morgan fingerprint density at radius 1 is 1.14 bits per heavy atom. The Morgan fingerprint density at radius 3 is 2.43 bits per heavy atom. The molecule has 2 aromatic carbocycles. The van der Waals surface area contributed by atoms with Crippen LogP contribution in [0.3, 0.4) is 0 Å². The van der Waals surface area contributed by atoms with Gasteiger partial charge in [0.25, 0.3) is 0 Å². The largest absolute Gasteiger partial charge is 0.508 e. The van der Waals surface area contributed by atoms with E-state index in [0.29, 0.717) is 25.6 Å². The van der Waals surface area contributed by atoms with Crippen LogP contribution in [0.4, 0.5) is 4.79 Å². The summed E-state index contributed by atoms with van der Waals surface area (Å²) >= 11 is 0. The highest BCUT2D eigenvalue weighted by Gasteiger charge is 2.23. The molecule has 28 heavy (non-hydrogen) atoms. The molecule has 148 valence electrons. The molecule has 0 aromatic heterocycles. The van der Waals surface area contributed by atoms with Crippen molar-refractivity contribution in [3.63, 3.8) is 0 Å². The van der Waals surface area contributed by atoms with Gasteiger partial charge in [-0.15, -0.1) is 0 Å². The molecule has 2 N–H and O–H groups in total. The Morgan fingerprint density at radius 2 is 1.79 bits per heavy atom. The van der Waals surface area contributed by atoms with Crippen molar-refractivity contribution in [1.82, 2.24) is 10.2 Å². The van der Waals surface area contributed by atoms with Gasteiger partial charge in [-0.3, -0.25) is 0 Å². The maximum atomic E-state index is 12.3. The summed E-state index contributed by atoms with van der Waals surface area (Å²) in [6.07, 6.45) is 1.64. The Hall–Kier alpha value is -2.95. The number of piperidine rings is 1. The van der Waals surface area contributed by atoms with Crippen molar-refractivity contribution in [1.29, 1.82) is 0 Å². The van der Waals surface area contributed by atoms with Crippen molar-refractivity contribution in [2.75, 3.05) is 19.6 Å². The van der Waals surface area contributed by atoms with Crippen LogP contribution in [-0.2, 0) is 11.3 Å². The molecule has 3 rings (SSSR count). The van der Waals surface area contributed by atoms with E-state index < -0.39 is 0 Å². The highest BCUT2D eigenvalue weighted by atomic mass is 16.6. The van der Waals surface area contributed by atoms with Crippen molar-refractivity contribution in [2.45, 2.75) is 26.4 Å². The second kappa shape index (κ2) is 9.31. The van der Waals surface area contributed by atoms with Crippen molar-refractivity contribution < 1.29 is 14.6 Å². The Balaban J connectivity index is 1.37. The SMILES string of the molecule is C=C(NCC1CCN(C(=O)OCc2ccc(C)cc2)CC1)c1ccc(O)cc1. The second-order valence-electron chi connectivity index (χ2n) is 7.38. The van der Waals surface area contributed by atoms with Crippen LogP contribution in [0.1, 0.15) is 29.5 Å². The molecule has 1 fully saturated rings. The zero-order chi connectivity index (χ0) is 19.9. The summed E-state index contributed by atoms with van der Waals surface area (Å²) in [5.74, 6) is 0.744. The second-order valence-corrected chi connectivity index (χ2v) is 7.38. The van der Waals surface area contributed by atoms with Crippen LogP contribution in [0.2, 0.25) is 0 Å². The number of nitrogens with zero attached hydrogens (tertiary/aromatic N) is 1. The van der Waals surface area contributed by atoms with Crippen LogP contribution >= 0.6 is 0 Å². The van der Waals surface area contributed by atoms with Crippen LogP contribution in [0.25, 0.3) is 5.70 Å². The minimum absolute atomic E-state index is 0.236. The monoisotopic (exact) mass is 380 g/mol. The summed E-state index contributed by atoms with van der Waals surface area (Å²) in [5.41, 5.74) is 4.01. The van der Waals surface area contributed by atoms with Gasteiger partial charge in [0.2, 0.25) is 0 Å². The summed E-state index contributed by atoms with van der Waals surface area (Å²) in [7, 11) is 0. The molecule has 1 aliphatic heterocycles. The molecule has 0 bridgehead atoms. The number of rotatable bonds is 6. The molecule has 0 atom stereocenters. The molecule has 0 unspecified atom stereocenters. The molecule has 2 aromatic rings. The quantitative estimate of drug-likeness (QED) is 0.784. The number of carbonyl (C=O) groups is 1. The highest BCUT2D eigenvalue weighted by molar-refractivity contribution is 5.67. The van der Waals surface area contributed by atoms with E-state index in [1.54, 1.807) is 17.0 Å². The van der Waals surface area contributed by atoms with Gasteiger partial charge in [-0.1, -0.05) is 36.4 Å². The van der Waals surface area contributed by atoms with E-state index in [-0.39, 0.29) is 11.8 Å². The number of hydrogen-bond acceptors (Lipinski definition) is 4. The summed E-state index contributed by atoms with van der Waals surface area (Å²) < 4.78 is 5.45. The topological polar surface area (TPSA) is 61.8 Å². The first-order chi connectivity index (χ1) is 13.5. The van der Waals surface area contributed by atoms with Crippen LogP contribution in [-0.4, -0.2) is 35.7 Å². The first-order valence-corrected chi connectivity index (χ1v) is 9.70. The summed E-state index contributed by atoms with van der Waals surface area (Å²) in [4.78, 5) is 14.1. The Bertz CT molecular complexity index is 792. The third kappa shape index (κ3) is 5.52. The molecule has 0 aliphatic carbocycles. The molecule has 1 aliphatic rings. The summed E-state index contributed by atoms with van der Waals surface area (Å²) in [6.45, 7) is 8.66. The zero-order valence-electron chi connectivity index (χ0n) is 16.4. The molecule has 1 heterocycles. The molecule has 0 spiro atoms. The summed E-state index contributed by atoms with van der Waals surface area (Å²) in [5, 5.41) is 12.7. The molecule has 1 saturated heterocycles. The number of amides is 1. The van der Waals surface area contributed by atoms with Gasteiger partial charge >= 0.3 is 6.09 Å². The van der Waals surface area contributed by atoms with E-state index in [9.17, 15) is 9.90 Å². The van der Waals surface area contributed by atoms with Gasteiger partial charge in [0.15, 0.2) is 0 Å². The lowest BCUT2D eigenvalue weighted by Crippen LogP contribution is -2.40. The molecular weight excluding hydrogens is 352 g/mol. The van der Waals surface area contributed by atoms with E-state index in [1.807, 2.05) is 43.3 Å². The van der Waals surface area contributed by atoms with Crippen molar-refractivity contribution in [3.05, 3.63) is 71.8 Å². The van der Waals surface area contributed by atoms with Gasteiger partial charge < -0.3 is 20.1 Å². The number of phenolic OH excluding ortho intramolecular Hbond substituents is 1. The van der Waals surface area contributed by atoms with Crippen LogP contribution < -0.4 is 5.32 Å². The van der Waals surface area contributed by atoms with E-state index >= 15 is 0 Å². The first kappa shape index (κ1) is 19.8. The van der Waals surface area contributed by atoms with Gasteiger partial charge in [0.1, 0.15) is 12.4 Å². The van der Waals surface area contributed by atoms with Gasteiger partial charge in [-0.25, -0.2) is 4.79 Å². The van der Waals surface area contributed by atoms with Crippen LogP contribution in [0, 0.1) is 12.8 Å². The predicted octanol–water partition coefficient (Wildman–Crippen LogP) is 4.31. The van der Waals surface area contributed by atoms with Crippen LogP contribution in [0.5, 0.6) is 5.75 Å². The average molecular weight is 380 g/mol. The highest BCUT2D eigenvalue weighted by Crippen LogP contribution is 2.20. The lowest BCUT2D eigenvalue weighted by atomic mass is 9.97. The third-order valence-corrected chi connectivity index (χ3v) is 5.18. The van der Waals surface area contributed by atoms with Gasteiger partial charge in [-0.05, 0) is 61.1 Å². The maximum Gasteiger partial charge on any atom is 0.410 e. The van der Waals surface area contributed by atoms with Gasteiger partial charge in [-0.2, -0.15) is 0 Å². The smallest absolute Gasteiger partial charge is 0.410 e. The van der Waals surface area contributed by atoms with Crippen molar-refractivity contribution >= 4 is 11.8 Å². The number of aromatic hydroxyl groups is 1. The third-order valence-electron chi connectivity index (χ3n) is 5.18. The lowest BCUT2D eigenvalue weighted by Gasteiger charge is -2.31. The minimum atomic E-state index is -0.236. The predicted molar refractivity (Wildman–Crippen MR) is 111 cm³/mol. The fourth-order valence-electron chi connectivity index (χ4n) is 3.27. The maximum absolute atomic E-state index is 12.3. The van der Waals surface area contributed by atoms with E-state index in [0.717, 1.165) is 36.2 Å². The normalized spacial score (nSPS) is 14.5. The number of hydrogen-bond donors (Lipinski definition) is 2. The molecule has 5 heteroatoms. The number of benzene rings is 2. The van der Waals surface area contributed by atoms with Crippen molar-refractivity contribution in [2.24, 2.45) is 5.92 Å². The number of nitrogens with one attached hydrogen (secondary N) is 1. The number of carbonyl (C=O) groups excluding carboxylic acids is 1.